The first-order valence-corrected chi connectivity index (χ1v) is 23.7. The Morgan fingerprint density at radius 1 is 0.647 bits per heavy atom. The smallest absolute Gasteiger partial charge is 0.326 e. The third-order valence-electron chi connectivity index (χ3n) is 11.3. The lowest BCUT2D eigenvalue weighted by Gasteiger charge is -2.28. The van der Waals surface area contributed by atoms with E-state index in [1.54, 1.807) is 27.7 Å². The number of aliphatic hydroxyl groups excluding tert-OH is 1. The quantitative estimate of drug-likeness (QED) is 0.0448. The van der Waals surface area contributed by atoms with Gasteiger partial charge in [-0.05, 0) is 87.8 Å². The number of aromatic nitrogens is 2. The van der Waals surface area contributed by atoms with Crippen LogP contribution in [0.25, 0.3) is 0 Å². The fourth-order valence-corrected chi connectivity index (χ4v) is 7.75. The van der Waals surface area contributed by atoms with Gasteiger partial charge in [0.1, 0.15) is 42.3 Å². The van der Waals surface area contributed by atoms with E-state index in [2.05, 4.69) is 52.5 Å². The van der Waals surface area contributed by atoms with Crippen molar-refractivity contribution in [1.29, 1.82) is 0 Å². The summed E-state index contributed by atoms with van der Waals surface area (Å²) in [6.45, 7) is 11.0. The molecule has 2 heterocycles. The highest BCUT2D eigenvalue weighted by Crippen LogP contribution is 2.13. The molecular formula is C47H75N11O10. The number of imidazole rings is 1. The van der Waals surface area contributed by atoms with E-state index in [4.69, 9.17) is 5.73 Å². The van der Waals surface area contributed by atoms with Crippen molar-refractivity contribution >= 4 is 47.3 Å². The molecule has 3 rings (SSSR count). The number of unbranched alkanes of at least 4 members (excludes halogenated alkanes) is 1. The van der Waals surface area contributed by atoms with Crippen molar-refractivity contribution in [3.05, 3.63) is 54.1 Å². The Hall–Kier alpha value is -5.93. The number of carbonyl (C=O) groups is 8. The van der Waals surface area contributed by atoms with Crippen LogP contribution in [0, 0.1) is 17.8 Å². The molecule has 1 saturated heterocycles. The number of nitrogens with zero attached hydrogens (tertiary/aromatic N) is 1. The van der Waals surface area contributed by atoms with E-state index in [0.717, 1.165) is 12.0 Å². The van der Waals surface area contributed by atoms with Gasteiger partial charge in [0.05, 0.1) is 19.0 Å². The molecule has 1 fully saturated rings. The van der Waals surface area contributed by atoms with Gasteiger partial charge in [0.25, 0.3) is 0 Å². The zero-order valence-corrected chi connectivity index (χ0v) is 40.3. The minimum atomic E-state index is -1.59. The largest absolute Gasteiger partial charge is 0.480 e. The molecule has 1 aromatic heterocycles. The number of carboxylic acid groups (broad SMARTS) is 1. The van der Waals surface area contributed by atoms with Crippen LogP contribution < -0.4 is 48.3 Å². The van der Waals surface area contributed by atoms with Crippen LogP contribution in [0.15, 0.2) is 42.9 Å². The molecule has 2 aromatic rings. The fraction of sp³-hybridized carbons (Fsp3) is 0.638. The van der Waals surface area contributed by atoms with E-state index in [1.807, 2.05) is 44.2 Å². The molecule has 1 aliphatic heterocycles. The van der Waals surface area contributed by atoms with Crippen molar-refractivity contribution in [2.75, 3.05) is 19.7 Å². The van der Waals surface area contributed by atoms with Gasteiger partial charge in [-0.25, -0.2) is 9.78 Å². The lowest BCUT2D eigenvalue weighted by Crippen LogP contribution is -2.61. The van der Waals surface area contributed by atoms with Gasteiger partial charge >= 0.3 is 5.97 Å². The van der Waals surface area contributed by atoms with Crippen molar-refractivity contribution in [2.45, 2.75) is 154 Å². The van der Waals surface area contributed by atoms with Crippen LogP contribution in [0.2, 0.25) is 0 Å². The van der Waals surface area contributed by atoms with Crippen molar-refractivity contribution < 1.29 is 48.6 Å². The van der Waals surface area contributed by atoms with Crippen molar-refractivity contribution in [1.82, 2.24) is 52.5 Å². The van der Waals surface area contributed by atoms with Gasteiger partial charge in [0.2, 0.25) is 41.4 Å². The topological polar surface area (TPSA) is 328 Å². The van der Waals surface area contributed by atoms with Crippen LogP contribution in [-0.4, -0.2) is 136 Å². The van der Waals surface area contributed by atoms with Gasteiger partial charge in [0.15, 0.2) is 0 Å². The molecule has 21 nitrogen and oxygen atoms in total. The molecule has 0 unspecified atom stereocenters. The number of carbonyl (C=O) groups excluding carboxylic acids is 7. The Morgan fingerprint density at radius 3 is 1.63 bits per heavy atom. The minimum absolute atomic E-state index is 0.0698. The molecule has 0 spiro atoms. The normalized spacial score (nSPS) is 16.7. The van der Waals surface area contributed by atoms with Crippen LogP contribution in [-0.2, 0) is 51.2 Å². The highest BCUT2D eigenvalue weighted by Gasteiger charge is 2.35. The lowest BCUT2D eigenvalue weighted by atomic mass is 10.00. The molecule has 13 N–H and O–H groups in total. The standard InChI is InChI=1S/C47H75N11O10/c1-27(2)19-34(42(62)56-37(23-31-24-49-26-51-31)45(65)57-38(47(67)68)21-29(5)6)54-46(66)39(25-59)58-43(63)35(20-28(3)4)53-41(61)33(15-10-11-17-48)52-44(64)36(22-30-13-8-7-9-14-30)55-40(60)32-16-12-18-50-32/h7-9,13-14,24,26-29,32-39,50,59H,10-12,15-23,25,48H2,1-6H3,(H,49,51)(H,52,64)(H,53,61)(H,54,66)(H,55,60)(H,56,62)(H,57,65)(H,58,63)(H,67,68)/t32-,33-,34-,35-,36-,37-,38-,39-/m0/s1. The first-order valence-electron chi connectivity index (χ1n) is 23.7. The van der Waals surface area contributed by atoms with Gasteiger partial charge in [-0.1, -0.05) is 71.9 Å². The summed E-state index contributed by atoms with van der Waals surface area (Å²) in [6, 6.07) is -0.137. The Morgan fingerprint density at radius 2 is 1.13 bits per heavy atom. The number of amides is 7. The Bertz CT molecular complexity index is 1930. The molecule has 0 aliphatic carbocycles. The maximum absolute atomic E-state index is 14.1. The first-order chi connectivity index (χ1) is 32.3. The van der Waals surface area contributed by atoms with Crippen LogP contribution in [0.1, 0.15) is 104 Å². The molecule has 0 radical (unpaired) electrons. The van der Waals surface area contributed by atoms with Gasteiger partial charge in [-0.2, -0.15) is 0 Å². The Labute approximate surface area is 398 Å². The van der Waals surface area contributed by atoms with Crippen LogP contribution in [0.4, 0.5) is 0 Å². The molecule has 0 bridgehead atoms. The molecule has 8 atom stereocenters. The van der Waals surface area contributed by atoms with Crippen LogP contribution in [0.3, 0.4) is 0 Å². The highest BCUT2D eigenvalue weighted by molar-refractivity contribution is 5.97. The number of benzene rings is 1. The summed E-state index contributed by atoms with van der Waals surface area (Å²) in [7, 11) is 0. The first kappa shape index (κ1) is 56.4. The van der Waals surface area contributed by atoms with E-state index in [-0.39, 0.29) is 62.2 Å². The molecule has 0 saturated carbocycles. The maximum atomic E-state index is 14.1. The number of aliphatic carboxylic acids is 1. The minimum Gasteiger partial charge on any atom is -0.480 e. The van der Waals surface area contributed by atoms with Crippen LogP contribution in [0.5, 0.6) is 0 Å². The predicted octanol–water partition coefficient (Wildman–Crippen LogP) is -0.315. The SMILES string of the molecule is CC(C)C[C@H](NC(=O)[C@H](Cc1cnc[nH]1)NC(=O)[C@H](CC(C)C)NC(=O)[C@H](CO)NC(=O)[C@H](CC(C)C)NC(=O)[C@H](CCCCN)NC(=O)[C@H](Cc1ccccc1)NC(=O)[C@@H]1CCCN1)C(=O)O. The summed E-state index contributed by atoms with van der Waals surface area (Å²) < 4.78 is 0. The molecule has 68 heavy (non-hydrogen) atoms. The average Bonchev–Trinajstić information content (AvgIpc) is 4.02. The lowest BCUT2D eigenvalue weighted by molar-refractivity contribution is -0.142. The summed E-state index contributed by atoms with van der Waals surface area (Å²) in [5.41, 5.74) is 7.01. The van der Waals surface area contributed by atoms with Gasteiger partial charge in [0, 0.05) is 24.7 Å². The van der Waals surface area contributed by atoms with Gasteiger partial charge < -0.3 is 63.5 Å². The zero-order chi connectivity index (χ0) is 50.3. The highest BCUT2D eigenvalue weighted by atomic mass is 16.4. The summed E-state index contributed by atoms with van der Waals surface area (Å²) >= 11 is 0. The summed E-state index contributed by atoms with van der Waals surface area (Å²) in [4.78, 5) is 115. The van der Waals surface area contributed by atoms with E-state index >= 15 is 0 Å². The van der Waals surface area contributed by atoms with Gasteiger partial charge in [-0.3, -0.25) is 33.6 Å². The number of nitrogens with one attached hydrogen (secondary N) is 9. The molecule has 1 aliphatic rings. The number of aliphatic hydroxyl groups is 1. The number of H-pyrrole nitrogens is 1. The van der Waals surface area contributed by atoms with E-state index in [9.17, 15) is 48.6 Å². The number of aromatic amines is 1. The summed E-state index contributed by atoms with van der Waals surface area (Å²) in [5, 5.41) is 41.9. The van der Waals surface area contributed by atoms with Crippen molar-refractivity contribution in [3.8, 4) is 0 Å². The number of hydrogen-bond donors (Lipinski definition) is 12. The van der Waals surface area contributed by atoms with Gasteiger partial charge in [-0.15, -0.1) is 0 Å². The molecule has 7 amide bonds. The van der Waals surface area contributed by atoms with E-state index < -0.39 is 96.4 Å². The zero-order valence-electron chi connectivity index (χ0n) is 40.3. The predicted molar refractivity (Wildman–Crippen MR) is 253 cm³/mol. The maximum Gasteiger partial charge on any atom is 0.326 e. The van der Waals surface area contributed by atoms with E-state index in [1.165, 1.54) is 12.5 Å². The molecule has 1 aromatic carbocycles. The fourth-order valence-electron chi connectivity index (χ4n) is 7.75. The number of nitrogens with two attached hydrogens (primary N) is 1. The summed E-state index contributed by atoms with van der Waals surface area (Å²) in [6.07, 6.45) is 5.77. The second-order valence-corrected chi connectivity index (χ2v) is 18.7. The third-order valence-corrected chi connectivity index (χ3v) is 11.3. The number of carboxylic acids is 1. The molecule has 21 heteroatoms. The van der Waals surface area contributed by atoms with Crippen molar-refractivity contribution in [3.63, 3.8) is 0 Å². The number of hydrogen-bond acceptors (Lipinski definition) is 12. The second kappa shape index (κ2) is 29.1. The average molecular weight is 954 g/mol. The van der Waals surface area contributed by atoms with E-state index in [0.29, 0.717) is 38.0 Å². The molecule has 378 valence electrons. The summed E-state index contributed by atoms with van der Waals surface area (Å²) in [5.74, 6) is -6.56. The molecular weight excluding hydrogens is 879 g/mol. The number of rotatable bonds is 30. The van der Waals surface area contributed by atoms with Crippen LogP contribution >= 0.6 is 0 Å². The Balaban J connectivity index is 1.80. The van der Waals surface area contributed by atoms with Crippen molar-refractivity contribution in [2.24, 2.45) is 23.5 Å². The second-order valence-electron chi connectivity index (χ2n) is 18.7. The Kier molecular flexibility index (Phi) is 24.1. The third kappa shape index (κ3) is 19.7. The monoisotopic (exact) mass is 954 g/mol.